The van der Waals surface area contributed by atoms with Gasteiger partial charge in [-0.2, -0.15) is 0 Å². The van der Waals surface area contributed by atoms with Crippen molar-refractivity contribution in [1.82, 2.24) is 30.1 Å². The fourth-order valence-electron chi connectivity index (χ4n) is 6.89. The number of ether oxygens (including phenoxy) is 6. The van der Waals surface area contributed by atoms with Gasteiger partial charge in [0.25, 0.3) is 5.91 Å². The highest BCUT2D eigenvalue weighted by Gasteiger charge is 2.17. The van der Waals surface area contributed by atoms with Crippen LogP contribution >= 0.6 is 0 Å². The van der Waals surface area contributed by atoms with E-state index in [1.807, 2.05) is 48.5 Å². The Hall–Kier alpha value is -4.71. The first-order valence-electron chi connectivity index (χ1n) is 22.3. The second-order valence-corrected chi connectivity index (χ2v) is 15.4. The van der Waals surface area contributed by atoms with Crippen LogP contribution in [0.2, 0.25) is 0 Å². The quantitative estimate of drug-likeness (QED) is 0.0636. The molecular formula is C48H67N7O8. The molecule has 1 aliphatic rings. The Kier molecular flexibility index (Phi) is 23.2. The van der Waals surface area contributed by atoms with Crippen LogP contribution in [0.1, 0.15) is 58.6 Å². The fraction of sp³-hybridized carbons (Fsp3) is 0.521. The highest BCUT2D eigenvalue weighted by molar-refractivity contribution is 6.04. The second kappa shape index (κ2) is 29.6. The average Bonchev–Trinajstić information content (AvgIpc) is 3.31. The monoisotopic (exact) mass is 870 g/mol. The lowest BCUT2D eigenvalue weighted by Gasteiger charge is -2.34. The number of amides is 2. The number of pyridine rings is 1. The highest BCUT2D eigenvalue weighted by atomic mass is 16.6. The lowest BCUT2D eigenvalue weighted by atomic mass is 10.0. The molecule has 2 N–H and O–H groups in total. The van der Waals surface area contributed by atoms with Gasteiger partial charge in [0.05, 0.1) is 71.8 Å². The Bertz CT molecular complexity index is 1880. The number of aromatic nitrogens is 3. The summed E-state index contributed by atoms with van der Waals surface area (Å²) in [6, 6.07) is 19.7. The second-order valence-electron chi connectivity index (χ2n) is 15.4. The van der Waals surface area contributed by atoms with Crippen LogP contribution in [0, 0.1) is 6.92 Å². The molecule has 2 aromatic heterocycles. The van der Waals surface area contributed by atoms with Crippen LogP contribution in [-0.4, -0.2) is 156 Å². The molecule has 0 bridgehead atoms. The van der Waals surface area contributed by atoms with Crippen LogP contribution in [0.25, 0.3) is 11.3 Å². The number of nitrogens with one attached hydrogen (secondary N) is 2. The van der Waals surface area contributed by atoms with Crippen molar-refractivity contribution in [1.29, 1.82) is 0 Å². The minimum atomic E-state index is -0.153. The third-order valence-electron chi connectivity index (χ3n) is 10.6. The maximum atomic E-state index is 13.2. The Morgan fingerprint density at radius 2 is 1.32 bits per heavy atom. The molecule has 1 saturated heterocycles. The van der Waals surface area contributed by atoms with Crippen molar-refractivity contribution in [2.45, 2.75) is 45.6 Å². The number of likely N-dealkylation sites (N-methyl/N-ethyl adjacent to an activating group) is 1. The molecule has 0 atom stereocenters. The molecular weight excluding hydrogens is 803 g/mol. The SMILES string of the molecule is CNC(=O)COCCOCCOCCOCCOCCOCCCCCCN1CCN(Cc2ccc(C(=O)Nc3ccc(C)c(Cc4nccc(-c5cccnc5)n4)c3)cc2)CC1. The Labute approximate surface area is 373 Å². The number of benzene rings is 2. The van der Waals surface area contributed by atoms with E-state index in [0.717, 1.165) is 80.4 Å². The number of anilines is 1. The summed E-state index contributed by atoms with van der Waals surface area (Å²) in [5.41, 5.74) is 6.55. The van der Waals surface area contributed by atoms with E-state index >= 15 is 0 Å². The van der Waals surface area contributed by atoms with Crippen molar-refractivity contribution in [3.05, 3.63) is 107 Å². The van der Waals surface area contributed by atoms with E-state index in [-0.39, 0.29) is 18.4 Å². The van der Waals surface area contributed by atoms with Crippen molar-refractivity contribution in [3.8, 4) is 11.3 Å². The van der Waals surface area contributed by atoms with Crippen LogP contribution in [-0.2, 0) is 46.2 Å². The summed E-state index contributed by atoms with van der Waals surface area (Å²) in [6.45, 7) is 14.1. The standard InChI is InChI=1S/C48H67N7O8/c1-39-9-14-44(34-43(39)35-46-51-17-15-45(53-46)42-8-7-16-50-36-42)52-48(57)41-12-10-40(11-13-41)37-55-21-19-54(20-22-55)18-5-3-4-6-23-58-24-25-59-26-27-60-28-29-61-30-31-62-32-33-63-38-47(56)49-2/h7-17,34,36H,3-6,18-33,35,37-38H2,1-2H3,(H,49,56)(H,52,57). The normalized spacial score (nSPS) is 13.3. The van der Waals surface area contributed by atoms with Crippen LogP contribution in [0.3, 0.4) is 0 Å². The van der Waals surface area contributed by atoms with Gasteiger partial charge in [0.15, 0.2) is 0 Å². The maximum absolute atomic E-state index is 13.2. The molecule has 5 rings (SSSR count). The maximum Gasteiger partial charge on any atom is 0.255 e. The molecule has 15 nitrogen and oxygen atoms in total. The van der Waals surface area contributed by atoms with Gasteiger partial charge in [-0.05, 0) is 85.5 Å². The Balaban J connectivity index is 0.828. The van der Waals surface area contributed by atoms with Gasteiger partial charge < -0.3 is 44.0 Å². The fourth-order valence-corrected chi connectivity index (χ4v) is 6.89. The van der Waals surface area contributed by atoms with E-state index in [1.165, 1.54) is 24.8 Å². The largest absolute Gasteiger partial charge is 0.379 e. The van der Waals surface area contributed by atoms with Crippen molar-refractivity contribution in [2.24, 2.45) is 0 Å². The van der Waals surface area contributed by atoms with Crippen LogP contribution < -0.4 is 10.6 Å². The first-order chi connectivity index (χ1) is 31.0. The minimum Gasteiger partial charge on any atom is -0.379 e. The number of hydrogen-bond donors (Lipinski definition) is 2. The molecule has 0 spiro atoms. The van der Waals surface area contributed by atoms with Gasteiger partial charge in [0.2, 0.25) is 5.91 Å². The lowest BCUT2D eigenvalue weighted by molar-refractivity contribution is -0.125. The van der Waals surface area contributed by atoms with E-state index in [0.29, 0.717) is 83.9 Å². The molecule has 2 aromatic carbocycles. The average molecular weight is 870 g/mol. The number of nitrogens with zero attached hydrogens (tertiary/aromatic N) is 5. The third kappa shape index (κ3) is 19.7. The number of rotatable bonds is 31. The topological polar surface area (TPSA) is 159 Å². The summed E-state index contributed by atoms with van der Waals surface area (Å²) < 4.78 is 32.8. The predicted molar refractivity (Wildman–Crippen MR) is 243 cm³/mol. The van der Waals surface area contributed by atoms with E-state index < -0.39 is 0 Å². The number of carbonyl (C=O) groups excluding carboxylic acids is 2. The first-order valence-corrected chi connectivity index (χ1v) is 22.3. The van der Waals surface area contributed by atoms with Crippen molar-refractivity contribution in [3.63, 3.8) is 0 Å². The summed E-state index contributed by atoms with van der Waals surface area (Å²) in [4.78, 5) is 42.8. The van der Waals surface area contributed by atoms with E-state index in [2.05, 4.69) is 49.5 Å². The van der Waals surface area contributed by atoms with Gasteiger partial charge in [-0.15, -0.1) is 0 Å². The molecule has 1 aliphatic heterocycles. The molecule has 1 fully saturated rings. The number of hydrogen-bond acceptors (Lipinski definition) is 13. The Morgan fingerprint density at radius 1 is 0.683 bits per heavy atom. The summed E-state index contributed by atoms with van der Waals surface area (Å²) in [5.74, 6) is 0.432. The lowest BCUT2D eigenvalue weighted by Crippen LogP contribution is -2.46. The Morgan fingerprint density at radius 3 is 1.97 bits per heavy atom. The molecule has 0 radical (unpaired) electrons. The smallest absolute Gasteiger partial charge is 0.255 e. The van der Waals surface area contributed by atoms with E-state index in [1.54, 1.807) is 25.6 Å². The molecule has 2 amide bonds. The van der Waals surface area contributed by atoms with Gasteiger partial charge in [0, 0.05) is 88.2 Å². The predicted octanol–water partition coefficient (Wildman–Crippen LogP) is 5.21. The number of piperazine rings is 1. The molecule has 4 aromatic rings. The highest BCUT2D eigenvalue weighted by Crippen LogP contribution is 2.21. The zero-order valence-corrected chi connectivity index (χ0v) is 37.3. The molecule has 342 valence electrons. The van der Waals surface area contributed by atoms with Gasteiger partial charge in [-0.25, -0.2) is 9.97 Å². The van der Waals surface area contributed by atoms with Crippen LogP contribution in [0.4, 0.5) is 5.69 Å². The van der Waals surface area contributed by atoms with Gasteiger partial charge in [0.1, 0.15) is 12.4 Å². The molecule has 3 heterocycles. The van der Waals surface area contributed by atoms with Crippen molar-refractivity contribution >= 4 is 17.5 Å². The summed E-state index contributed by atoms with van der Waals surface area (Å²) in [7, 11) is 1.57. The third-order valence-corrected chi connectivity index (χ3v) is 10.6. The molecule has 15 heteroatoms. The van der Waals surface area contributed by atoms with Crippen molar-refractivity contribution < 1.29 is 38.0 Å². The summed E-state index contributed by atoms with van der Waals surface area (Å²) in [6.07, 6.45) is 10.5. The number of aryl methyl sites for hydroxylation is 1. The van der Waals surface area contributed by atoms with Crippen LogP contribution in [0.15, 0.2) is 79.3 Å². The van der Waals surface area contributed by atoms with E-state index in [4.69, 9.17) is 33.4 Å². The van der Waals surface area contributed by atoms with Crippen LogP contribution in [0.5, 0.6) is 0 Å². The summed E-state index contributed by atoms with van der Waals surface area (Å²) >= 11 is 0. The number of unbranched alkanes of at least 4 members (excludes halogenated alkanes) is 3. The van der Waals surface area contributed by atoms with Gasteiger partial charge >= 0.3 is 0 Å². The molecule has 0 saturated carbocycles. The zero-order valence-electron chi connectivity index (χ0n) is 37.3. The molecule has 0 aliphatic carbocycles. The van der Waals surface area contributed by atoms with Gasteiger partial charge in [-0.3, -0.25) is 19.5 Å². The first kappa shape index (κ1) is 49.3. The zero-order chi connectivity index (χ0) is 44.2. The van der Waals surface area contributed by atoms with Crippen molar-refractivity contribution in [2.75, 3.05) is 124 Å². The summed E-state index contributed by atoms with van der Waals surface area (Å²) in [5, 5.41) is 5.57. The van der Waals surface area contributed by atoms with Gasteiger partial charge in [-0.1, -0.05) is 31.0 Å². The molecule has 63 heavy (non-hydrogen) atoms. The number of carbonyl (C=O) groups is 2. The minimum absolute atomic E-state index is 0.0437. The molecule has 0 unspecified atom stereocenters. The van der Waals surface area contributed by atoms with E-state index in [9.17, 15) is 9.59 Å².